The van der Waals surface area contributed by atoms with E-state index in [0.717, 1.165) is 55.2 Å². The smallest absolute Gasteiger partial charge is 0.191 e. The predicted molar refractivity (Wildman–Crippen MR) is 142 cm³/mol. The fourth-order valence-electron chi connectivity index (χ4n) is 3.96. The van der Waals surface area contributed by atoms with Crippen LogP contribution in [0.2, 0.25) is 0 Å². The number of halogens is 1. The Morgan fingerprint density at radius 1 is 1.06 bits per heavy atom. The molecular formula is C25H35IN4O2. The lowest BCUT2D eigenvalue weighted by Gasteiger charge is -2.20. The Bertz CT molecular complexity index is 888. The highest BCUT2D eigenvalue weighted by Gasteiger charge is 2.24. The maximum atomic E-state index is 6.02. The number of benzene rings is 2. The molecule has 2 fully saturated rings. The van der Waals surface area contributed by atoms with Crippen molar-refractivity contribution in [3.8, 4) is 11.5 Å². The maximum absolute atomic E-state index is 6.02. The average Bonchev–Trinajstić information content (AvgIpc) is 3.53. The van der Waals surface area contributed by atoms with Gasteiger partial charge in [-0.2, -0.15) is 0 Å². The van der Waals surface area contributed by atoms with Gasteiger partial charge in [-0.25, -0.2) is 0 Å². The lowest BCUT2D eigenvalue weighted by Crippen LogP contribution is -2.40. The van der Waals surface area contributed by atoms with E-state index in [9.17, 15) is 0 Å². The van der Waals surface area contributed by atoms with Crippen molar-refractivity contribution in [1.29, 1.82) is 0 Å². The summed E-state index contributed by atoms with van der Waals surface area (Å²) in [4.78, 5) is 6.83. The first-order valence-electron chi connectivity index (χ1n) is 11.3. The monoisotopic (exact) mass is 550 g/mol. The third kappa shape index (κ3) is 6.92. The van der Waals surface area contributed by atoms with E-state index in [4.69, 9.17) is 9.47 Å². The maximum Gasteiger partial charge on any atom is 0.191 e. The number of nitrogens with zero attached hydrogens (tertiary/aromatic N) is 2. The van der Waals surface area contributed by atoms with Crippen LogP contribution >= 0.6 is 24.0 Å². The number of rotatable bonds is 9. The Labute approximate surface area is 208 Å². The molecule has 4 rings (SSSR count). The summed E-state index contributed by atoms with van der Waals surface area (Å²) in [6.07, 6.45) is 3.76. The summed E-state index contributed by atoms with van der Waals surface area (Å²) in [5.74, 6) is 4.04. The van der Waals surface area contributed by atoms with E-state index in [0.29, 0.717) is 12.5 Å². The Hall–Kier alpha value is -2.16. The van der Waals surface area contributed by atoms with Crippen molar-refractivity contribution >= 4 is 35.6 Å². The lowest BCUT2D eigenvalue weighted by molar-refractivity contribution is 0.296. The van der Waals surface area contributed by atoms with Gasteiger partial charge in [0.15, 0.2) is 5.96 Å². The second kappa shape index (κ2) is 12.2. The SMILES string of the molecule is CN=C(NCc1ccccc1OCC1CC1)NCC1CCN(c2cccc(OC)c2)C1.I. The van der Waals surface area contributed by atoms with E-state index in [-0.39, 0.29) is 24.0 Å². The molecule has 1 heterocycles. The molecule has 2 aliphatic rings. The fourth-order valence-corrected chi connectivity index (χ4v) is 3.96. The first-order chi connectivity index (χ1) is 15.2. The van der Waals surface area contributed by atoms with Gasteiger partial charge in [-0.3, -0.25) is 4.99 Å². The molecule has 1 saturated heterocycles. The van der Waals surface area contributed by atoms with Crippen molar-refractivity contribution < 1.29 is 9.47 Å². The second-order valence-corrected chi connectivity index (χ2v) is 8.47. The van der Waals surface area contributed by atoms with Crippen LogP contribution in [0.3, 0.4) is 0 Å². The number of aliphatic imine (C=N–C) groups is 1. The van der Waals surface area contributed by atoms with Gasteiger partial charge < -0.3 is 25.0 Å². The summed E-state index contributed by atoms with van der Waals surface area (Å²) in [5, 5.41) is 6.94. The summed E-state index contributed by atoms with van der Waals surface area (Å²) >= 11 is 0. The van der Waals surface area contributed by atoms with Crippen LogP contribution in [0.5, 0.6) is 11.5 Å². The van der Waals surface area contributed by atoms with Crippen LogP contribution in [0.1, 0.15) is 24.8 Å². The minimum atomic E-state index is 0. The van der Waals surface area contributed by atoms with Crippen molar-refractivity contribution in [1.82, 2.24) is 10.6 Å². The quantitative estimate of drug-likeness (QED) is 0.277. The topological polar surface area (TPSA) is 58.1 Å². The van der Waals surface area contributed by atoms with Crippen LogP contribution in [0, 0.1) is 11.8 Å². The van der Waals surface area contributed by atoms with Gasteiger partial charge in [0.1, 0.15) is 11.5 Å². The number of nitrogens with one attached hydrogen (secondary N) is 2. The second-order valence-electron chi connectivity index (χ2n) is 8.47. The molecule has 0 spiro atoms. The van der Waals surface area contributed by atoms with Crippen LogP contribution in [0.4, 0.5) is 5.69 Å². The number of para-hydroxylation sites is 1. The highest BCUT2D eigenvalue weighted by molar-refractivity contribution is 14.0. The molecule has 0 aromatic heterocycles. The first kappa shape index (κ1) is 24.5. The van der Waals surface area contributed by atoms with E-state index in [1.165, 1.54) is 24.9 Å². The van der Waals surface area contributed by atoms with Crippen LogP contribution in [-0.2, 0) is 6.54 Å². The van der Waals surface area contributed by atoms with E-state index in [2.05, 4.69) is 56.9 Å². The first-order valence-corrected chi connectivity index (χ1v) is 11.3. The molecule has 1 unspecified atom stereocenters. The molecule has 1 atom stereocenters. The van der Waals surface area contributed by atoms with Crippen molar-refractivity contribution in [3.63, 3.8) is 0 Å². The van der Waals surface area contributed by atoms with Crippen LogP contribution in [-0.4, -0.2) is 46.4 Å². The standard InChI is InChI=1S/C25H34N4O2.HI/c1-26-25(28-16-21-6-3-4-9-24(21)31-18-19-10-11-19)27-15-20-12-13-29(17-20)22-7-5-8-23(14-22)30-2;/h3-9,14,19-20H,10-13,15-18H2,1-2H3,(H2,26,27,28);1H. The van der Waals surface area contributed by atoms with Crippen molar-refractivity contribution in [2.75, 3.05) is 45.3 Å². The van der Waals surface area contributed by atoms with Crippen LogP contribution in [0.15, 0.2) is 53.5 Å². The summed E-state index contributed by atoms with van der Waals surface area (Å²) in [6.45, 7) is 4.53. The molecule has 1 saturated carbocycles. The Morgan fingerprint density at radius 2 is 1.91 bits per heavy atom. The number of ether oxygens (including phenoxy) is 2. The van der Waals surface area contributed by atoms with Gasteiger partial charge in [0.2, 0.25) is 0 Å². The number of hydrogen-bond donors (Lipinski definition) is 2. The fraction of sp³-hybridized carbons (Fsp3) is 0.480. The van der Waals surface area contributed by atoms with Gasteiger partial charge in [0, 0.05) is 50.5 Å². The van der Waals surface area contributed by atoms with Crippen LogP contribution < -0.4 is 25.0 Å². The van der Waals surface area contributed by atoms with Gasteiger partial charge in [-0.05, 0) is 49.3 Å². The lowest BCUT2D eigenvalue weighted by atomic mass is 10.1. The molecule has 32 heavy (non-hydrogen) atoms. The third-order valence-corrected chi connectivity index (χ3v) is 6.08. The zero-order chi connectivity index (χ0) is 21.5. The molecule has 0 bridgehead atoms. The molecule has 174 valence electrons. The highest BCUT2D eigenvalue weighted by Crippen LogP contribution is 2.30. The number of guanidine groups is 1. The minimum absolute atomic E-state index is 0. The number of hydrogen-bond acceptors (Lipinski definition) is 4. The molecule has 2 N–H and O–H groups in total. The normalized spacial score (nSPS) is 18.1. The number of anilines is 1. The predicted octanol–water partition coefficient (Wildman–Crippen LogP) is 4.29. The molecule has 0 radical (unpaired) electrons. The van der Waals surface area contributed by atoms with Crippen LogP contribution in [0.25, 0.3) is 0 Å². The highest BCUT2D eigenvalue weighted by atomic mass is 127. The van der Waals surface area contributed by atoms with Gasteiger partial charge in [0.25, 0.3) is 0 Å². The average molecular weight is 550 g/mol. The van der Waals surface area contributed by atoms with Crippen molar-refractivity contribution in [2.24, 2.45) is 16.8 Å². The zero-order valence-electron chi connectivity index (χ0n) is 19.0. The Kier molecular flexibility index (Phi) is 9.32. The van der Waals surface area contributed by atoms with Gasteiger partial charge in [-0.1, -0.05) is 24.3 Å². The summed E-state index contributed by atoms with van der Waals surface area (Å²) in [7, 11) is 3.54. The summed E-state index contributed by atoms with van der Waals surface area (Å²) < 4.78 is 11.4. The Balaban J connectivity index is 0.00000289. The number of methoxy groups -OCH3 is 1. The largest absolute Gasteiger partial charge is 0.497 e. The summed E-state index contributed by atoms with van der Waals surface area (Å²) in [6, 6.07) is 16.6. The molecule has 2 aromatic rings. The molecule has 0 amide bonds. The van der Waals surface area contributed by atoms with E-state index in [1.54, 1.807) is 7.11 Å². The van der Waals surface area contributed by atoms with Gasteiger partial charge >= 0.3 is 0 Å². The molecule has 6 nitrogen and oxygen atoms in total. The molecule has 2 aromatic carbocycles. The molecule has 7 heteroatoms. The zero-order valence-corrected chi connectivity index (χ0v) is 21.4. The minimum Gasteiger partial charge on any atom is -0.497 e. The molecule has 1 aliphatic carbocycles. The summed E-state index contributed by atoms with van der Waals surface area (Å²) in [5.41, 5.74) is 2.39. The Morgan fingerprint density at radius 3 is 2.69 bits per heavy atom. The molecular weight excluding hydrogens is 515 g/mol. The van der Waals surface area contributed by atoms with E-state index < -0.39 is 0 Å². The van der Waals surface area contributed by atoms with Gasteiger partial charge in [0.05, 0.1) is 13.7 Å². The van der Waals surface area contributed by atoms with E-state index in [1.807, 2.05) is 19.2 Å². The third-order valence-electron chi connectivity index (χ3n) is 6.08. The van der Waals surface area contributed by atoms with E-state index >= 15 is 0 Å². The van der Waals surface area contributed by atoms with Gasteiger partial charge in [-0.15, -0.1) is 24.0 Å². The van der Waals surface area contributed by atoms with Crippen molar-refractivity contribution in [3.05, 3.63) is 54.1 Å². The van der Waals surface area contributed by atoms with Crippen molar-refractivity contribution in [2.45, 2.75) is 25.8 Å². The molecule has 1 aliphatic heterocycles.